The highest BCUT2D eigenvalue weighted by molar-refractivity contribution is 6.37. The highest BCUT2D eigenvalue weighted by Crippen LogP contribution is 2.18. The van der Waals surface area contributed by atoms with Crippen LogP contribution in [0.4, 0.5) is 0 Å². The second-order valence-corrected chi connectivity index (χ2v) is 4.01. The van der Waals surface area contributed by atoms with Crippen LogP contribution in [-0.4, -0.2) is 40.3 Å². The molecule has 1 fully saturated rings. The highest BCUT2D eigenvalue weighted by Gasteiger charge is 2.37. The lowest BCUT2D eigenvalue weighted by molar-refractivity contribution is -0.152. The molecule has 1 aliphatic rings. The summed E-state index contributed by atoms with van der Waals surface area (Å²) in [5, 5.41) is 8.85. The summed E-state index contributed by atoms with van der Waals surface area (Å²) in [7, 11) is 0. The van der Waals surface area contributed by atoms with Gasteiger partial charge >= 0.3 is 5.97 Å². The molecule has 0 unspecified atom stereocenters. The number of ketones is 1. The van der Waals surface area contributed by atoms with Gasteiger partial charge in [-0.2, -0.15) is 0 Å². The van der Waals surface area contributed by atoms with Crippen LogP contribution >= 0.6 is 0 Å². The molecule has 15 heavy (non-hydrogen) atoms. The van der Waals surface area contributed by atoms with Gasteiger partial charge in [-0.15, -0.1) is 0 Å². The Hall–Kier alpha value is -1.39. The monoisotopic (exact) mass is 213 g/mol. The predicted molar refractivity (Wildman–Crippen MR) is 52.2 cm³/mol. The quantitative estimate of drug-likeness (QED) is 0.683. The van der Waals surface area contributed by atoms with E-state index in [1.54, 1.807) is 13.8 Å². The summed E-state index contributed by atoms with van der Waals surface area (Å²) in [6.07, 6.45) is 1.08. The van der Waals surface area contributed by atoms with Gasteiger partial charge in [0, 0.05) is 12.5 Å². The Balaban J connectivity index is 2.75. The number of Topliss-reactive ketones (excluding diaryl/α,β-unsaturated/α-hetero) is 1. The number of carboxylic acid groups (broad SMARTS) is 1. The zero-order chi connectivity index (χ0) is 11.6. The second kappa shape index (κ2) is 4.42. The number of amides is 1. The Kier molecular flexibility index (Phi) is 3.44. The predicted octanol–water partition coefficient (Wildman–Crippen LogP) is 0.287. The second-order valence-electron chi connectivity index (χ2n) is 4.01. The first-order valence-electron chi connectivity index (χ1n) is 5.02. The van der Waals surface area contributed by atoms with Gasteiger partial charge in [-0.3, -0.25) is 9.59 Å². The molecular weight excluding hydrogens is 198 g/mol. The number of carbonyl (C=O) groups excluding carboxylic acids is 2. The fourth-order valence-corrected chi connectivity index (χ4v) is 1.66. The minimum atomic E-state index is -1.03. The number of hydrogen-bond donors (Lipinski definition) is 1. The first-order chi connectivity index (χ1) is 6.95. The molecule has 0 aromatic carbocycles. The van der Waals surface area contributed by atoms with Crippen LogP contribution in [0.15, 0.2) is 0 Å². The van der Waals surface area contributed by atoms with Crippen LogP contribution in [0.3, 0.4) is 0 Å². The molecule has 1 aliphatic heterocycles. The maximum Gasteiger partial charge on any atom is 0.326 e. The Morgan fingerprint density at radius 1 is 1.33 bits per heavy atom. The average molecular weight is 213 g/mol. The van der Waals surface area contributed by atoms with Crippen molar-refractivity contribution in [2.45, 2.75) is 32.7 Å². The van der Waals surface area contributed by atoms with E-state index in [4.69, 9.17) is 5.11 Å². The van der Waals surface area contributed by atoms with E-state index >= 15 is 0 Å². The first-order valence-corrected chi connectivity index (χ1v) is 5.02. The van der Waals surface area contributed by atoms with E-state index in [1.807, 2.05) is 0 Å². The van der Waals surface area contributed by atoms with Gasteiger partial charge in [-0.25, -0.2) is 4.79 Å². The van der Waals surface area contributed by atoms with Gasteiger partial charge in [0.2, 0.25) is 5.78 Å². The van der Waals surface area contributed by atoms with E-state index in [9.17, 15) is 14.4 Å². The largest absolute Gasteiger partial charge is 0.480 e. The van der Waals surface area contributed by atoms with Crippen molar-refractivity contribution >= 4 is 17.7 Å². The van der Waals surface area contributed by atoms with Crippen molar-refractivity contribution in [1.29, 1.82) is 0 Å². The molecule has 1 heterocycles. The van der Waals surface area contributed by atoms with Gasteiger partial charge in [0.1, 0.15) is 6.04 Å². The molecule has 84 valence electrons. The molecule has 0 saturated carbocycles. The van der Waals surface area contributed by atoms with Crippen LogP contribution in [0.5, 0.6) is 0 Å². The fourth-order valence-electron chi connectivity index (χ4n) is 1.66. The normalized spacial score (nSPS) is 20.7. The van der Waals surface area contributed by atoms with Crippen molar-refractivity contribution in [1.82, 2.24) is 4.90 Å². The molecular formula is C10H15NO4. The molecule has 5 nitrogen and oxygen atoms in total. The van der Waals surface area contributed by atoms with Gasteiger partial charge in [-0.05, 0) is 12.8 Å². The van der Waals surface area contributed by atoms with E-state index < -0.39 is 23.7 Å². The number of nitrogens with zero attached hydrogens (tertiary/aromatic N) is 1. The number of carboxylic acids is 1. The van der Waals surface area contributed by atoms with E-state index in [0.29, 0.717) is 19.4 Å². The smallest absolute Gasteiger partial charge is 0.326 e. The van der Waals surface area contributed by atoms with Crippen LogP contribution in [0.1, 0.15) is 26.7 Å². The highest BCUT2D eigenvalue weighted by atomic mass is 16.4. The molecule has 0 radical (unpaired) electrons. The summed E-state index contributed by atoms with van der Waals surface area (Å²) in [6.45, 7) is 3.63. The lowest BCUT2D eigenvalue weighted by Crippen LogP contribution is -2.44. The third-order valence-electron chi connectivity index (χ3n) is 2.53. The summed E-state index contributed by atoms with van der Waals surface area (Å²) in [5.41, 5.74) is 0. The van der Waals surface area contributed by atoms with E-state index in [1.165, 1.54) is 4.90 Å². The lowest BCUT2D eigenvalue weighted by atomic mass is 10.1. The van der Waals surface area contributed by atoms with Crippen molar-refractivity contribution in [2.75, 3.05) is 6.54 Å². The zero-order valence-corrected chi connectivity index (χ0v) is 8.90. The molecule has 5 heteroatoms. The van der Waals surface area contributed by atoms with Crippen molar-refractivity contribution in [3.8, 4) is 0 Å². The minimum absolute atomic E-state index is 0.369. The van der Waals surface area contributed by atoms with Crippen LogP contribution in [-0.2, 0) is 14.4 Å². The maximum atomic E-state index is 11.6. The summed E-state index contributed by atoms with van der Waals surface area (Å²) in [5.74, 6) is -2.58. The Labute approximate surface area is 88.1 Å². The van der Waals surface area contributed by atoms with Crippen LogP contribution in [0, 0.1) is 5.92 Å². The number of hydrogen-bond acceptors (Lipinski definition) is 3. The van der Waals surface area contributed by atoms with Crippen molar-refractivity contribution in [3.63, 3.8) is 0 Å². The lowest BCUT2D eigenvalue weighted by Gasteiger charge is -2.21. The Bertz CT molecular complexity index is 298. The fraction of sp³-hybridized carbons (Fsp3) is 0.700. The molecule has 0 aromatic rings. The van der Waals surface area contributed by atoms with Gasteiger partial charge in [0.05, 0.1) is 0 Å². The van der Waals surface area contributed by atoms with Crippen molar-refractivity contribution in [3.05, 3.63) is 0 Å². The summed E-state index contributed by atoms with van der Waals surface area (Å²) in [4.78, 5) is 35.0. The minimum Gasteiger partial charge on any atom is -0.480 e. The topological polar surface area (TPSA) is 74.7 Å². The van der Waals surface area contributed by atoms with Crippen LogP contribution in [0.25, 0.3) is 0 Å². The summed E-state index contributed by atoms with van der Waals surface area (Å²) >= 11 is 0. The van der Waals surface area contributed by atoms with Crippen LogP contribution in [0.2, 0.25) is 0 Å². The van der Waals surface area contributed by atoms with Gasteiger partial charge in [0.15, 0.2) is 0 Å². The molecule has 0 aliphatic carbocycles. The summed E-state index contributed by atoms with van der Waals surface area (Å²) < 4.78 is 0. The van der Waals surface area contributed by atoms with Crippen LogP contribution < -0.4 is 0 Å². The third-order valence-corrected chi connectivity index (χ3v) is 2.53. The third kappa shape index (κ3) is 2.34. The van der Waals surface area contributed by atoms with E-state index in [-0.39, 0.29) is 5.92 Å². The molecule has 1 atom stereocenters. The van der Waals surface area contributed by atoms with Gasteiger partial charge in [-0.1, -0.05) is 13.8 Å². The number of rotatable bonds is 3. The average Bonchev–Trinajstić information content (AvgIpc) is 2.63. The Morgan fingerprint density at radius 3 is 2.40 bits per heavy atom. The SMILES string of the molecule is CC(C)C(=O)C(=O)N1CCC[C@H]1C(=O)O. The molecule has 1 amide bonds. The van der Waals surface area contributed by atoms with E-state index in [0.717, 1.165) is 0 Å². The summed E-state index contributed by atoms with van der Waals surface area (Å²) in [6, 6.07) is -0.819. The van der Waals surface area contributed by atoms with E-state index in [2.05, 4.69) is 0 Å². The molecule has 0 spiro atoms. The number of carbonyl (C=O) groups is 3. The molecule has 1 rings (SSSR count). The van der Waals surface area contributed by atoms with Crippen molar-refractivity contribution < 1.29 is 19.5 Å². The molecule has 1 N–H and O–H groups in total. The number of aliphatic carboxylic acids is 1. The standard InChI is InChI=1S/C10H15NO4/c1-6(2)8(12)9(13)11-5-3-4-7(11)10(14)15/h6-7H,3-5H2,1-2H3,(H,14,15)/t7-/m0/s1. The van der Waals surface area contributed by atoms with Gasteiger partial charge in [0.25, 0.3) is 5.91 Å². The maximum absolute atomic E-state index is 11.6. The molecule has 0 bridgehead atoms. The molecule has 1 saturated heterocycles. The first kappa shape index (κ1) is 11.7. The van der Waals surface area contributed by atoms with Crippen molar-refractivity contribution in [2.24, 2.45) is 5.92 Å². The van der Waals surface area contributed by atoms with Gasteiger partial charge < -0.3 is 10.0 Å². The Morgan fingerprint density at radius 2 is 1.93 bits per heavy atom. The number of likely N-dealkylation sites (tertiary alicyclic amines) is 1. The molecule has 0 aromatic heterocycles. The zero-order valence-electron chi connectivity index (χ0n) is 8.90.